The molecular weight excluding hydrogens is 380 g/mol. The summed E-state index contributed by atoms with van der Waals surface area (Å²) in [6.07, 6.45) is 1.08. The first-order valence-corrected chi connectivity index (χ1v) is 10.4. The molecule has 0 bridgehead atoms. The van der Waals surface area contributed by atoms with Gasteiger partial charge in [-0.1, -0.05) is 17.7 Å². The number of benzene rings is 2. The van der Waals surface area contributed by atoms with Crippen molar-refractivity contribution in [1.82, 2.24) is 4.31 Å². The SMILES string of the molecule is COc1ccc(OC)c(NC(=O)[C@H]2CCCN2S(=O)(=O)c2ccc(C)cc2)c1. The normalized spacial score (nSPS) is 17.3. The molecule has 1 heterocycles. The molecule has 0 unspecified atom stereocenters. The minimum Gasteiger partial charge on any atom is -0.497 e. The Morgan fingerprint density at radius 2 is 1.82 bits per heavy atom. The van der Waals surface area contributed by atoms with E-state index in [1.54, 1.807) is 42.5 Å². The van der Waals surface area contributed by atoms with Crippen LogP contribution in [-0.2, 0) is 14.8 Å². The number of amides is 1. The van der Waals surface area contributed by atoms with Gasteiger partial charge >= 0.3 is 0 Å². The number of rotatable bonds is 6. The van der Waals surface area contributed by atoms with Crippen LogP contribution in [0.3, 0.4) is 0 Å². The molecule has 2 aromatic rings. The molecule has 1 N–H and O–H groups in total. The standard InChI is InChI=1S/C20H24N2O5S/c1-14-6-9-16(10-7-14)28(24,25)22-12-4-5-18(22)20(23)21-17-13-15(26-2)8-11-19(17)27-3/h6-11,13,18H,4-5,12H2,1-3H3,(H,21,23)/t18-/m1/s1. The van der Waals surface area contributed by atoms with Gasteiger partial charge in [-0.2, -0.15) is 4.31 Å². The van der Waals surface area contributed by atoms with Crippen molar-refractivity contribution in [1.29, 1.82) is 0 Å². The van der Waals surface area contributed by atoms with Crippen LogP contribution in [0.5, 0.6) is 11.5 Å². The molecule has 2 aromatic carbocycles. The van der Waals surface area contributed by atoms with Gasteiger partial charge in [-0.05, 0) is 44.0 Å². The third kappa shape index (κ3) is 3.98. The van der Waals surface area contributed by atoms with E-state index in [4.69, 9.17) is 9.47 Å². The molecule has 1 aliphatic heterocycles. The summed E-state index contributed by atoms with van der Waals surface area (Å²) in [6.45, 7) is 2.20. The molecule has 0 spiro atoms. The number of sulfonamides is 1. The maximum Gasteiger partial charge on any atom is 0.243 e. The topological polar surface area (TPSA) is 84.9 Å². The van der Waals surface area contributed by atoms with Crippen LogP contribution in [0.1, 0.15) is 18.4 Å². The van der Waals surface area contributed by atoms with E-state index >= 15 is 0 Å². The summed E-state index contributed by atoms with van der Waals surface area (Å²) in [5, 5.41) is 2.79. The van der Waals surface area contributed by atoms with Crippen molar-refractivity contribution < 1.29 is 22.7 Å². The number of ether oxygens (including phenoxy) is 2. The van der Waals surface area contributed by atoms with Crippen molar-refractivity contribution in [2.75, 3.05) is 26.1 Å². The average molecular weight is 404 g/mol. The summed E-state index contributed by atoms with van der Waals surface area (Å²) in [6, 6.07) is 10.9. The minimum atomic E-state index is -3.75. The van der Waals surface area contributed by atoms with Gasteiger partial charge in [0.25, 0.3) is 0 Å². The van der Waals surface area contributed by atoms with E-state index in [-0.39, 0.29) is 10.8 Å². The summed E-state index contributed by atoms with van der Waals surface area (Å²) < 4.78 is 37.8. The average Bonchev–Trinajstić information content (AvgIpc) is 3.19. The van der Waals surface area contributed by atoms with Gasteiger partial charge in [0.15, 0.2) is 0 Å². The van der Waals surface area contributed by atoms with Crippen molar-refractivity contribution in [3.05, 3.63) is 48.0 Å². The minimum absolute atomic E-state index is 0.191. The Kier molecular flexibility index (Phi) is 5.90. The summed E-state index contributed by atoms with van der Waals surface area (Å²) in [5.41, 5.74) is 1.41. The van der Waals surface area contributed by atoms with Gasteiger partial charge in [-0.3, -0.25) is 4.79 Å². The van der Waals surface area contributed by atoms with Crippen LogP contribution < -0.4 is 14.8 Å². The summed E-state index contributed by atoms with van der Waals surface area (Å²) in [4.78, 5) is 13.1. The first-order valence-electron chi connectivity index (χ1n) is 8.98. The second kappa shape index (κ2) is 8.20. The van der Waals surface area contributed by atoms with Gasteiger partial charge in [0, 0.05) is 12.6 Å². The monoisotopic (exact) mass is 404 g/mol. The van der Waals surface area contributed by atoms with Gasteiger partial charge in [0.05, 0.1) is 24.8 Å². The van der Waals surface area contributed by atoms with Gasteiger partial charge < -0.3 is 14.8 Å². The van der Waals surface area contributed by atoms with Crippen molar-refractivity contribution in [2.24, 2.45) is 0 Å². The lowest BCUT2D eigenvalue weighted by Gasteiger charge is -2.24. The van der Waals surface area contributed by atoms with Crippen LogP contribution in [0.2, 0.25) is 0 Å². The van der Waals surface area contributed by atoms with Gasteiger partial charge in [0.2, 0.25) is 15.9 Å². The maximum absolute atomic E-state index is 13.0. The van der Waals surface area contributed by atoms with Crippen molar-refractivity contribution >= 4 is 21.6 Å². The summed E-state index contributed by atoms with van der Waals surface area (Å²) in [5.74, 6) is 0.645. The fourth-order valence-electron chi connectivity index (χ4n) is 3.26. The third-order valence-electron chi connectivity index (χ3n) is 4.80. The van der Waals surface area contributed by atoms with Crippen LogP contribution in [0.4, 0.5) is 5.69 Å². The van der Waals surface area contributed by atoms with Gasteiger partial charge in [0.1, 0.15) is 17.5 Å². The lowest BCUT2D eigenvalue weighted by molar-refractivity contribution is -0.119. The first kappa shape index (κ1) is 20.2. The molecule has 1 aliphatic rings. The molecule has 150 valence electrons. The summed E-state index contributed by atoms with van der Waals surface area (Å²) >= 11 is 0. The molecule has 1 atom stereocenters. The highest BCUT2D eigenvalue weighted by atomic mass is 32.2. The van der Waals surface area contributed by atoms with E-state index in [9.17, 15) is 13.2 Å². The fourth-order valence-corrected chi connectivity index (χ4v) is 4.92. The van der Waals surface area contributed by atoms with Gasteiger partial charge in [-0.15, -0.1) is 0 Å². The molecule has 3 rings (SSSR count). The number of anilines is 1. The number of nitrogens with one attached hydrogen (secondary N) is 1. The molecule has 0 aliphatic carbocycles. The molecule has 1 saturated heterocycles. The number of aryl methyl sites for hydroxylation is 1. The number of hydrogen-bond acceptors (Lipinski definition) is 5. The van der Waals surface area contributed by atoms with E-state index < -0.39 is 16.1 Å². The second-order valence-electron chi connectivity index (χ2n) is 6.64. The first-order chi connectivity index (χ1) is 13.4. The molecule has 8 heteroatoms. The molecule has 7 nitrogen and oxygen atoms in total. The number of hydrogen-bond donors (Lipinski definition) is 1. The van der Waals surface area contributed by atoms with Crippen molar-refractivity contribution in [3.63, 3.8) is 0 Å². The quantitative estimate of drug-likeness (QED) is 0.800. The van der Waals surface area contributed by atoms with E-state index in [1.807, 2.05) is 6.92 Å². The predicted molar refractivity (Wildman–Crippen MR) is 106 cm³/mol. The van der Waals surface area contributed by atoms with E-state index in [1.165, 1.54) is 18.5 Å². The molecule has 0 radical (unpaired) electrons. The highest BCUT2D eigenvalue weighted by molar-refractivity contribution is 7.89. The zero-order valence-electron chi connectivity index (χ0n) is 16.1. The molecule has 0 saturated carbocycles. The highest BCUT2D eigenvalue weighted by Gasteiger charge is 2.39. The zero-order chi connectivity index (χ0) is 20.3. The molecular formula is C20H24N2O5S. The summed E-state index contributed by atoms with van der Waals surface area (Å²) in [7, 11) is -0.725. The second-order valence-corrected chi connectivity index (χ2v) is 8.53. The zero-order valence-corrected chi connectivity index (χ0v) is 17.0. The Morgan fingerprint density at radius 3 is 2.46 bits per heavy atom. The largest absolute Gasteiger partial charge is 0.497 e. The Morgan fingerprint density at radius 1 is 1.11 bits per heavy atom. The molecule has 1 amide bonds. The Labute approximate surface area is 165 Å². The lowest BCUT2D eigenvalue weighted by atomic mass is 10.2. The van der Waals surface area contributed by atoms with E-state index in [0.717, 1.165) is 5.56 Å². The number of carbonyl (C=O) groups excluding carboxylic acids is 1. The van der Waals surface area contributed by atoms with E-state index in [0.29, 0.717) is 36.6 Å². The predicted octanol–water partition coefficient (Wildman–Crippen LogP) is 2.80. The maximum atomic E-state index is 13.0. The number of nitrogens with zero attached hydrogens (tertiary/aromatic N) is 1. The Bertz CT molecular complexity index is 957. The van der Waals surface area contributed by atoms with E-state index in [2.05, 4.69) is 5.32 Å². The molecule has 0 aromatic heterocycles. The fraction of sp³-hybridized carbons (Fsp3) is 0.350. The third-order valence-corrected chi connectivity index (χ3v) is 6.72. The number of carbonyl (C=O) groups is 1. The van der Waals surface area contributed by atoms with Crippen molar-refractivity contribution in [2.45, 2.75) is 30.7 Å². The molecule has 1 fully saturated rings. The van der Waals surface area contributed by atoms with Crippen LogP contribution in [-0.4, -0.2) is 45.4 Å². The Balaban J connectivity index is 1.85. The van der Waals surface area contributed by atoms with Crippen molar-refractivity contribution in [3.8, 4) is 11.5 Å². The van der Waals surface area contributed by atoms with Crippen LogP contribution in [0.25, 0.3) is 0 Å². The van der Waals surface area contributed by atoms with Crippen LogP contribution in [0, 0.1) is 6.92 Å². The van der Waals surface area contributed by atoms with Crippen LogP contribution >= 0.6 is 0 Å². The number of methoxy groups -OCH3 is 2. The van der Waals surface area contributed by atoms with Gasteiger partial charge in [-0.25, -0.2) is 8.42 Å². The van der Waals surface area contributed by atoms with Crippen LogP contribution in [0.15, 0.2) is 47.4 Å². The Hall–Kier alpha value is -2.58. The molecule has 28 heavy (non-hydrogen) atoms. The highest BCUT2D eigenvalue weighted by Crippen LogP contribution is 2.31. The smallest absolute Gasteiger partial charge is 0.243 e. The lowest BCUT2D eigenvalue weighted by Crippen LogP contribution is -2.43.